The molecule has 0 amide bonds. The number of benzene rings is 1. The minimum absolute atomic E-state index is 0. The number of hydrogen-bond donors (Lipinski definition) is 3. The molecule has 0 fully saturated rings. The molecular weight excluding hydrogens is 442 g/mol. The van der Waals surface area contributed by atoms with Crippen LogP contribution in [-0.2, 0) is 0 Å². The number of imidazole rings is 1. The number of aromatic amines is 1. The maximum Gasteiger partial charge on any atom is 0.195 e. The number of H-pyrrole nitrogens is 1. The van der Waals surface area contributed by atoms with Gasteiger partial charge in [0.2, 0.25) is 0 Å². The molecule has 2 heterocycles. The SMILES string of the molecule is Br.Br.Br.Cc1c(NC2=NCCN2)ccc2[nH]cnc12. The number of anilines is 1. The van der Waals surface area contributed by atoms with Gasteiger partial charge in [0.25, 0.3) is 0 Å². The quantitative estimate of drug-likeness (QED) is 0.617. The van der Waals surface area contributed by atoms with Gasteiger partial charge in [0.05, 0.1) is 23.9 Å². The second-order valence-corrected chi connectivity index (χ2v) is 3.82. The highest BCUT2D eigenvalue weighted by molar-refractivity contribution is 8.93. The van der Waals surface area contributed by atoms with Gasteiger partial charge >= 0.3 is 0 Å². The van der Waals surface area contributed by atoms with Gasteiger partial charge in [-0.2, -0.15) is 0 Å². The first-order valence-corrected chi connectivity index (χ1v) is 5.32. The molecule has 0 saturated carbocycles. The predicted molar refractivity (Wildman–Crippen MR) is 95.7 cm³/mol. The lowest BCUT2D eigenvalue weighted by Crippen LogP contribution is -2.26. The van der Waals surface area contributed by atoms with Gasteiger partial charge in [0, 0.05) is 17.8 Å². The van der Waals surface area contributed by atoms with E-state index in [0.717, 1.165) is 41.3 Å². The van der Waals surface area contributed by atoms with E-state index in [-0.39, 0.29) is 50.9 Å². The van der Waals surface area contributed by atoms with Crippen molar-refractivity contribution < 1.29 is 0 Å². The molecule has 0 bridgehead atoms. The van der Waals surface area contributed by atoms with Gasteiger partial charge in [-0.25, -0.2) is 4.98 Å². The molecule has 8 heteroatoms. The minimum atomic E-state index is 0. The molecule has 0 saturated heterocycles. The molecular formula is C11H16Br3N5. The first-order chi connectivity index (χ1) is 7.84. The monoisotopic (exact) mass is 455 g/mol. The molecule has 2 aromatic rings. The van der Waals surface area contributed by atoms with Crippen molar-refractivity contribution in [3.63, 3.8) is 0 Å². The van der Waals surface area contributed by atoms with Crippen LogP contribution in [0.1, 0.15) is 5.56 Å². The smallest absolute Gasteiger partial charge is 0.195 e. The van der Waals surface area contributed by atoms with E-state index in [1.165, 1.54) is 0 Å². The number of rotatable bonds is 1. The Balaban J connectivity index is 0.00000108. The zero-order valence-corrected chi connectivity index (χ0v) is 15.4. The van der Waals surface area contributed by atoms with Crippen molar-refractivity contribution in [2.45, 2.75) is 6.92 Å². The third kappa shape index (κ3) is 3.70. The second-order valence-electron chi connectivity index (χ2n) is 3.82. The molecule has 1 aromatic carbocycles. The van der Waals surface area contributed by atoms with Crippen LogP contribution in [0.25, 0.3) is 11.0 Å². The Morgan fingerprint density at radius 2 is 2.00 bits per heavy atom. The lowest BCUT2D eigenvalue weighted by Gasteiger charge is -2.09. The first-order valence-electron chi connectivity index (χ1n) is 5.32. The fraction of sp³-hybridized carbons (Fsp3) is 0.273. The molecule has 3 rings (SSSR count). The van der Waals surface area contributed by atoms with Crippen molar-refractivity contribution in [3.05, 3.63) is 24.0 Å². The van der Waals surface area contributed by atoms with Gasteiger partial charge in [0.15, 0.2) is 5.96 Å². The molecule has 0 unspecified atom stereocenters. The van der Waals surface area contributed by atoms with E-state index < -0.39 is 0 Å². The maximum absolute atomic E-state index is 4.31. The molecule has 5 nitrogen and oxygen atoms in total. The van der Waals surface area contributed by atoms with Crippen LogP contribution >= 0.6 is 50.9 Å². The number of nitrogens with one attached hydrogen (secondary N) is 3. The van der Waals surface area contributed by atoms with Crippen LogP contribution < -0.4 is 10.6 Å². The van der Waals surface area contributed by atoms with Crippen LogP contribution in [0.5, 0.6) is 0 Å². The molecule has 0 radical (unpaired) electrons. The fourth-order valence-electron chi connectivity index (χ4n) is 1.89. The van der Waals surface area contributed by atoms with E-state index in [1.807, 2.05) is 12.1 Å². The molecule has 106 valence electrons. The van der Waals surface area contributed by atoms with E-state index >= 15 is 0 Å². The van der Waals surface area contributed by atoms with Crippen LogP contribution in [0.2, 0.25) is 0 Å². The number of halogens is 3. The van der Waals surface area contributed by atoms with Crippen molar-refractivity contribution in [1.82, 2.24) is 15.3 Å². The molecule has 0 atom stereocenters. The van der Waals surface area contributed by atoms with Crippen LogP contribution in [0.4, 0.5) is 5.69 Å². The van der Waals surface area contributed by atoms with Crippen molar-refractivity contribution >= 4 is 73.6 Å². The number of aliphatic imine (C=N–C) groups is 1. The molecule has 1 aromatic heterocycles. The molecule has 1 aliphatic rings. The molecule has 0 aliphatic carbocycles. The fourth-order valence-corrected chi connectivity index (χ4v) is 1.89. The zero-order chi connectivity index (χ0) is 11.0. The van der Waals surface area contributed by atoms with Gasteiger partial charge in [-0.05, 0) is 19.1 Å². The lowest BCUT2D eigenvalue weighted by molar-refractivity contribution is 0.959. The van der Waals surface area contributed by atoms with E-state index in [1.54, 1.807) is 6.33 Å². The Kier molecular flexibility index (Phi) is 7.61. The highest BCUT2D eigenvalue weighted by Gasteiger charge is 2.09. The lowest BCUT2D eigenvalue weighted by atomic mass is 10.1. The first kappa shape index (κ1) is 18.4. The molecule has 19 heavy (non-hydrogen) atoms. The maximum atomic E-state index is 4.31. The summed E-state index contributed by atoms with van der Waals surface area (Å²) in [6, 6.07) is 4.06. The summed E-state index contributed by atoms with van der Waals surface area (Å²) in [5.74, 6) is 0.845. The molecule has 1 aliphatic heterocycles. The van der Waals surface area contributed by atoms with Crippen LogP contribution in [0.15, 0.2) is 23.5 Å². The molecule has 0 spiro atoms. The van der Waals surface area contributed by atoms with E-state index in [0.29, 0.717) is 0 Å². The number of fused-ring (bicyclic) bond motifs is 1. The Morgan fingerprint density at radius 1 is 1.21 bits per heavy atom. The largest absolute Gasteiger partial charge is 0.354 e. The number of guanidine groups is 1. The molecule has 3 N–H and O–H groups in total. The van der Waals surface area contributed by atoms with Crippen LogP contribution in [-0.4, -0.2) is 29.0 Å². The third-order valence-corrected chi connectivity index (χ3v) is 2.77. The Labute approximate surface area is 143 Å². The summed E-state index contributed by atoms with van der Waals surface area (Å²) < 4.78 is 0. The standard InChI is InChI=1S/C11H13N5.3BrH/c1-7-8(16-11-12-4-5-13-11)2-3-9-10(7)15-6-14-9;;;/h2-3,6H,4-5H2,1H3,(H,14,15)(H2,12,13,16);3*1H. The van der Waals surface area contributed by atoms with Crippen molar-refractivity contribution in [2.75, 3.05) is 18.4 Å². The van der Waals surface area contributed by atoms with Gasteiger partial charge in [-0.15, -0.1) is 50.9 Å². The summed E-state index contributed by atoms with van der Waals surface area (Å²) in [7, 11) is 0. The van der Waals surface area contributed by atoms with E-state index in [4.69, 9.17) is 0 Å². The van der Waals surface area contributed by atoms with Gasteiger partial charge in [-0.1, -0.05) is 0 Å². The summed E-state index contributed by atoms with van der Waals surface area (Å²) in [5.41, 5.74) is 4.25. The summed E-state index contributed by atoms with van der Waals surface area (Å²) in [6.45, 7) is 3.80. The summed E-state index contributed by atoms with van der Waals surface area (Å²) in [6.07, 6.45) is 1.72. The topological polar surface area (TPSA) is 65.1 Å². The summed E-state index contributed by atoms with van der Waals surface area (Å²) in [5, 5.41) is 6.46. The number of aromatic nitrogens is 2. The van der Waals surface area contributed by atoms with E-state index in [9.17, 15) is 0 Å². The normalized spacial score (nSPS) is 12.6. The Hall–Kier alpha value is -0.600. The minimum Gasteiger partial charge on any atom is -0.354 e. The third-order valence-electron chi connectivity index (χ3n) is 2.77. The highest BCUT2D eigenvalue weighted by atomic mass is 79.9. The van der Waals surface area contributed by atoms with Gasteiger partial charge in [-0.3, -0.25) is 4.99 Å². The Morgan fingerprint density at radius 3 is 2.68 bits per heavy atom. The van der Waals surface area contributed by atoms with Crippen molar-refractivity contribution in [1.29, 1.82) is 0 Å². The van der Waals surface area contributed by atoms with Crippen molar-refractivity contribution in [3.8, 4) is 0 Å². The van der Waals surface area contributed by atoms with Crippen LogP contribution in [0.3, 0.4) is 0 Å². The summed E-state index contributed by atoms with van der Waals surface area (Å²) in [4.78, 5) is 11.7. The number of aryl methyl sites for hydroxylation is 1. The van der Waals surface area contributed by atoms with E-state index in [2.05, 4.69) is 32.5 Å². The average Bonchev–Trinajstić information content (AvgIpc) is 2.93. The average molecular weight is 458 g/mol. The highest BCUT2D eigenvalue weighted by Crippen LogP contribution is 2.22. The van der Waals surface area contributed by atoms with Crippen molar-refractivity contribution in [2.24, 2.45) is 4.99 Å². The summed E-state index contributed by atoms with van der Waals surface area (Å²) >= 11 is 0. The number of nitrogens with zero attached hydrogens (tertiary/aromatic N) is 2. The zero-order valence-electron chi connectivity index (χ0n) is 10.3. The van der Waals surface area contributed by atoms with Crippen LogP contribution in [0, 0.1) is 6.92 Å². The Bertz CT molecular complexity index is 566. The predicted octanol–water partition coefficient (Wildman–Crippen LogP) is 2.98. The number of hydrogen-bond acceptors (Lipinski definition) is 4. The van der Waals surface area contributed by atoms with Gasteiger partial charge in [0.1, 0.15) is 0 Å². The van der Waals surface area contributed by atoms with Gasteiger partial charge < -0.3 is 15.6 Å². The second kappa shape index (κ2) is 7.86.